The van der Waals surface area contributed by atoms with Gasteiger partial charge >= 0.3 is 0 Å². The van der Waals surface area contributed by atoms with E-state index in [0.717, 1.165) is 11.8 Å². The second-order valence-corrected chi connectivity index (χ2v) is 9.12. The minimum Gasteiger partial charge on any atom is -0.340 e. The Morgan fingerprint density at radius 2 is 1.55 bits per heavy atom. The highest BCUT2D eigenvalue weighted by molar-refractivity contribution is 7.90. The number of hydrogen-bond acceptors (Lipinski definition) is 5. The van der Waals surface area contributed by atoms with E-state index >= 15 is 0 Å². The predicted octanol–water partition coefficient (Wildman–Crippen LogP) is 2.85. The molecule has 0 aliphatic carbocycles. The molecule has 156 valence electrons. The molecule has 7 nitrogen and oxygen atoms in total. The molecule has 4 rings (SSSR count). The van der Waals surface area contributed by atoms with Gasteiger partial charge in [0.15, 0.2) is 15.5 Å². The van der Waals surface area contributed by atoms with Gasteiger partial charge in [-0.2, -0.15) is 5.10 Å². The standard InChI is InChI=1S/C23H19N3O4S/c1-31(29,30)17-11-7-10-16(14-17)20(15-8-3-2-4-9-15)24-23(28)21-18-12-5-6-13-19(18)22(27)26-25-21/h2-14,20H,1H3,(H,24,28)(H,26,27). The van der Waals surface area contributed by atoms with Gasteiger partial charge in [0.05, 0.1) is 16.3 Å². The van der Waals surface area contributed by atoms with Crippen LogP contribution in [0.1, 0.15) is 27.7 Å². The van der Waals surface area contributed by atoms with Gasteiger partial charge in [-0.1, -0.05) is 60.7 Å². The van der Waals surface area contributed by atoms with Crippen molar-refractivity contribution in [3.05, 3.63) is 106 Å². The van der Waals surface area contributed by atoms with E-state index in [1.54, 1.807) is 42.5 Å². The molecule has 1 aromatic heterocycles. The molecule has 4 aromatic rings. The number of carbonyl (C=O) groups excluding carboxylic acids is 1. The first-order valence-electron chi connectivity index (χ1n) is 9.48. The highest BCUT2D eigenvalue weighted by atomic mass is 32.2. The number of nitrogens with zero attached hydrogens (tertiary/aromatic N) is 1. The number of hydrogen-bond donors (Lipinski definition) is 2. The van der Waals surface area contributed by atoms with Crippen LogP contribution in [0.3, 0.4) is 0 Å². The Labute approximate surface area is 178 Å². The minimum atomic E-state index is -3.42. The molecule has 0 aliphatic rings. The van der Waals surface area contributed by atoms with Crippen LogP contribution >= 0.6 is 0 Å². The number of benzene rings is 3. The van der Waals surface area contributed by atoms with Crippen LogP contribution in [0, 0.1) is 0 Å². The summed E-state index contributed by atoms with van der Waals surface area (Å²) in [6, 6.07) is 21.8. The van der Waals surface area contributed by atoms with E-state index in [9.17, 15) is 18.0 Å². The molecule has 0 saturated carbocycles. The van der Waals surface area contributed by atoms with Crippen LogP contribution in [0.5, 0.6) is 0 Å². The lowest BCUT2D eigenvalue weighted by molar-refractivity contribution is 0.0938. The van der Waals surface area contributed by atoms with E-state index < -0.39 is 21.8 Å². The molecule has 1 unspecified atom stereocenters. The Bertz CT molecular complexity index is 1430. The van der Waals surface area contributed by atoms with Gasteiger partial charge in [0.2, 0.25) is 0 Å². The molecule has 3 aromatic carbocycles. The zero-order chi connectivity index (χ0) is 22.0. The summed E-state index contributed by atoms with van der Waals surface area (Å²) in [6.07, 6.45) is 1.14. The maximum Gasteiger partial charge on any atom is 0.273 e. The number of fused-ring (bicyclic) bond motifs is 1. The van der Waals surface area contributed by atoms with Crippen molar-refractivity contribution in [2.75, 3.05) is 6.26 Å². The molecule has 1 atom stereocenters. The number of aromatic amines is 1. The Kier molecular flexibility index (Phi) is 5.39. The van der Waals surface area contributed by atoms with Crippen molar-refractivity contribution in [3.63, 3.8) is 0 Å². The zero-order valence-corrected chi connectivity index (χ0v) is 17.4. The molecule has 31 heavy (non-hydrogen) atoms. The van der Waals surface area contributed by atoms with E-state index in [0.29, 0.717) is 16.3 Å². The largest absolute Gasteiger partial charge is 0.340 e. The monoisotopic (exact) mass is 433 g/mol. The number of H-pyrrole nitrogens is 1. The molecule has 0 saturated heterocycles. The molecule has 1 heterocycles. The summed E-state index contributed by atoms with van der Waals surface area (Å²) in [5.74, 6) is -0.494. The van der Waals surface area contributed by atoms with Crippen molar-refractivity contribution in [2.24, 2.45) is 0 Å². The van der Waals surface area contributed by atoms with Crippen LogP contribution in [0.2, 0.25) is 0 Å². The number of carbonyl (C=O) groups is 1. The van der Waals surface area contributed by atoms with Crippen molar-refractivity contribution in [3.8, 4) is 0 Å². The summed E-state index contributed by atoms with van der Waals surface area (Å²) in [5.41, 5.74) is 1.08. The number of amides is 1. The Morgan fingerprint density at radius 3 is 2.26 bits per heavy atom. The van der Waals surface area contributed by atoms with Crippen molar-refractivity contribution in [1.82, 2.24) is 15.5 Å². The maximum atomic E-state index is 13.2. The van der Waals surface area contributed by atoms with Gasteiger partial charge in [0, 0.05) is 11.6 Å². The molecule has 2 N–H and O–H groups in total. The van der Waals surface area contributed by atoms with Crippen molar-refractivity contribution < 1.29 is 13.2 Å². The summed E-state index contributed by atoms with van der Waals surface area (Å²) in [4.78, 5) is 25.4. The van der Waals surface area contributed by atoms with Gasteiger partial charge in [-0.25, -0.2) is 13.5 Å². The van der Waals surface area contributed by atoms with Gasteiger partial charge in [0.25, 0.3) is 11.5 Å². The average molecular weight is 433 g/mol. The van der Waals surface area contributed by atoms with E-state index in [2.05, 4.69) is 15.5 Å². The van der Waals surface area contributed by atoms with Crippen LogP contribution in [0.15, 0.2) is 88.6 Å². The third kappa shape index (κ3) is 4.24. The van der Waals surface area contributed by atoms with Gasteiger partial charge in [-0.15, -0.1) is 0 Å². The Balaban J connectivity index is 1.79. The number of sulfone groups is 1. The lowest BCUT2D eigenvalue weighted by Gasteiger charge is -2.20. The van der Waals surface area contributed by atoms with Gasteiger partial charge in [-0.05, 0) is 29.3 Å². The highest BCUT2D eigenvalue weighted by Gasteiger charge is 2.22. The lowest BCUT2D eigenvalue weighted by Crippen LogP contribution is -2.31. The van der Waals surface area contributed by atoms with Crippen molar-refractivity contribution >= 4 is 26.5 Å². The summed E-state index contributed by atoms with van der Waals surface area (Å²) in [5, 5.41) is 10.0. The molecule has 1 amide bonds. The molecular formula is C23H19N3O4S. The summed E-state index contributed by atoms with van der Waals surface area (Å²) in [6.45, 7) is 0. The van der Waals surface area contributed by atoms with Crippen LogP contribution < -0.4 is 10.9 Å². The van der Waals surface area contributed by atoms with E-state index in [1.807, 2.05) is 30.3 Å². The number of aromatic nitrogens is 2. The van der Waals surface area contributed by atoms with Crippen LogP contribution in [-0.2, 0) is 9.84 Å². The topological polar surface area (TPSA) is 109 Å². The van der Waals surface area contributed by atoms with Crippen LogP contribution in [-0.4, -0.2) is 30.8 Å². The molecular weight excluding hydrogens is 414 g/mol. The molecule has 0 spiro atoms. The quantitative estimate of drug-likeness (QED) is 0.503. The maximum absolute atomic E-state index is 13.2. The third-order valence-corrected chi connectivity index (χ3v) is 6.05. The molecule has 8 heteroatoms. The lowest BCUT2D eigenvalue weighted by atomic mass is 9.98. The summed E-state index contributed by atoms with van der Waals surface area (Å²) >= 11 is 0. The second-order valence-electron chi connectivity index (χ2n) is 7.11. The molecule has 0 bridgehead atoms. The minimum absolute atomic E-state index is 0.0791. The van der Waals surface area contributed by atoms with E-state index in [-0.39, 0.29) is 16.1 Å². The van der Waals surface area contributed by atoms with Gasteiger partial charge in [-0.3, -0.25) is 9.59 Å². The van der Waals surface area contributed by atoms with E-state index in [4.69, 9.17) is 0 Å². The number of rotatable bonds is 5. The first-order chi connectivity index (χ1) is 14.8. The number of nitrogens with one attached hydrogen (secondary N) is 2. The fourth-order valence-corrected chi connectivity index (χ4v) is 4.09. The molecule has 0 aliphatic heterocycles. The Morgan fingerprint density at radius 1 is 0.903 bits per heavy atom. The van der Waals surface area contributed by atoms with Crippen molar-refractivity contribution in [1.29, 1.82) is 0 Å². The molecule has 0 radical (unpaired) electrons. The second kappa shape index (κ2) is 8.16. The first-order valence-corrected chi connectivity index (χ1v) is 11.4. The van der Waals surface area contributed by atoms with Gasteiger partial charge in [0.1, 0.15) is 0 Å². The highest BCUT2D eigenvalue weighted by Crippen LogP contribution is 2.25. The van der Waals surface area contributed by atoms with Gasteiger partial charge < -0.3 is 5.32 Å². The smallest absolute Gasteiger partial charge is 0.273 e. The third-order valence-electron chi connectivity index (χ3n) is 4.94. The van der Waals surface area contributed by atoms with E-state index in [1.165, 1.54) is 6.07 Å². The normalized spacial score (nSPS) is 12.4. The fourth-order valence-electron chi connectivity index (χ4n) is 3.42. The molecule has 0 fully saturated rings. The SMILES string of the molecule is CS(=O)(=O)c1cccc(C(NC(=O)c2n[nH]c(=O)c3ccccc23)c2ccccc2)c1. The summed E-state index contributed by atoms with van der Waals surface area (Å²) in [7, 11) is -3.42. The Hall–Kier alpha value is -3.78. The predicted molar refractivity (Wildman–Crippen MR) is 118 cm³/mol. The average Bonchev–Trinajstić information content (AvgIpc) is 2.78. The van der Waals surface area contributed by atoms with Crippen molar-refractivity contribution in [2.45, 2.75) is 10.9 Å². The van der Waals surface area contributed by atoms with Crippen LogP contribution in [0.25, 0.3) is 10.8 Å². The zero-order valence-electron chi connectivity index (χ0n) is 16.6. The van der Waals surface area contributed by atoms with Crippen LogP contribution in [0.4, 0.5) is 0 Å². The summed E-state index contributed by atoms with van der Waals surface area (Å²) < 4.78 is 24.1. The first kappa shape index (κ1) is 20.5. The fraction of sp³-hybridized carbons (Fsp3) is 0.0870.